The summed E-state index contributed by atoms with van der Waals surface area (Å²) in [6.45, 7) is 5.21. The zero-order valence-corrected chi connectivity index (χ0v) is 17.5. The molecule has 2 aromatic carbocycles. The number of carbonyl (C=O) groups excluding carboxylic acids is 3. The van der Waals surface area contributed by atoms with Crippen LogP contribution in [0.25, 0.3) is 0 Å². The fraction of sp³-hybridized carbons (Fsp3) is 0.318. The van der Waals surface area contributed by atoms with E-state index in [0.29, 0.717) is 16.3 Å². The third-order valence-electron chi connectivity index (χ3n) is 5.11. The molecule has 0 bridgehead atoms. The highest BCUT2D eigenvalue weighted by Gasteiger charge is 2.49. The molecule has 29 heavy (non-hydrogen) atoms. The number of aryl methyl sites for hydroxylation is 2. The Morgan fingerprint density at radius 3 is 2.48 bits per heavy atom. The molecule has 0 aliphatic carbocycles. The highest BCUT2D eigenvalue weighted by molar-refractivity contribution is 6.30. The van der Waals surface area contributed by atoms with Crippen LogP contribution in [0, 0.1) is 6.92 Å². The Morgan fingerprint density at radius 2 is 1.86 bits per heavy atom. The van der Waals surface area contributed by atoms with E-state index in [4.69, 9.17) is 11.6 Å². The summed E-state index contributed by atoms with van der Waals surface area (Å²) in [7, 11) is 0. The fourth-order valence-electron chi connectivity index (χ4n) is 3.43. The van der Waals surface area contributed by atoms with Gasteiger partial charge in [-0.1, -0.05) is 49.2 Å². The summed E-state index contributed by atoms with van der Waals surface area (Å²) in [5.74, 6) is -0.907. The van der Waals surface area contributed by atoms with Crippen molar-refractivity contribution in [2.24, 2.45) is 0 Å². The van der Waals surface area contributed by atoms with Crippen LogP contribution < -0.4 is 10.6 Å². The number of amides is 4. The van der Waals surface area contributed by atoms with Gasteiger partial charge in [0.2, 0.25) is 5.91 Å². The van der Waals surface area contributed by atoms with Crippen LogP contribution >= 0.6 is 11.6 Å². The van der Waals surface area contributed by atoms with E-state index in [1.54, 1.807) is 25.1 Å². The minimum atomic E-state index is -1.20. The average Bonchev–Trinajstić information content (AvgIpc) is 2.89. The Labute approximate surface area is 175 Å². The first-order valence-corrected chi connectivity index (χ1v) is 9.92. The standard InChI is InChI=1S/C22H24ClN3O3/c1-4-5-15-6-8-16(9-7-15)22(3)20(28)26(21(29)25-22)13-19(27)24-18-11-10-17(23)12-14(18)2/h6-12H,4-5,13H2,1-3H3,(H,24,27)(H,25,29)/t22-/m0/s1. The van der Waals surface area contributed by atoms with Gasteiger partial charge in [0.25, 0.3) is 5.91 Å². The van der Waals surface area contributed by atoms with Gasteiger partial charge in [-0.25, -0.2) is 4.79 Å². The fourth-order valence-corrected chi connectivity index (χ4v) is 3.66. The second-order valence-electron chi connectivity index (χ2n) is 7.40. The van der Waals surface area contributed by atoms with Gasteiger partial charge in [0.05, 0.1) is 0 Å². The Morgan fingerprint density at radius 1 is 1.17 bits per heavy atom. The molecule has 4 amide bonds. The van der Waals surface area contributed by atoms with E-state index in [1.165, 1.54) is 5.56 Å². The van der Waals surface area contributed by atoms with Gasteiger partial charge in [-0.15, -0.1) is 0 Å². The SMILES string of the molecule is CCCc1ccc([C@]2(C)NC(=O)N(CC(=O)Nc3ccc(Cl)cc3C)C2=O)cc1. The topological polar surface area (TPSA) is 78.5 Å². The molecular weight excluding hydrogens is 390 g/mol. The van der Waals surface area contributed by atoms with Crippen molar-refractivity contribution in [2.45, 2.75) is 39.2 Å². The molecule has 7 heteroatoms. The zero-order chi connectivity index (χ0) is 21.2. The predicted octanol–water partition coefficient (Wildman–Crippen LogP) is 4.01. The minimum Gasteiger partial charge on any atom is -0.324 e. The zero-order valence-electron chi connectivity index (χ0n) is 16.7. The lowest BCUT2D eigenvalue weighted by Crippen LogP contribution is -2.42. The maximum atomic E-state index is 13.0. The molecule has 0 saturated carbocycles. The molecule has 1 heterocycles. The molecule has 152 valence electrons. The number of carbonyl (C=O) groups is 3. The molecule has 0 radical (unpaired) electrons. The van der Waals surface area contributed by atoms with E-state index < -0.39 is 23.4 Å². The summed E-state index contributed by atoms with van der Waals surface area (Å²) in [6.07, 6.45) is 1.98. The Kier molecular flexibility index (Phi) is 5.94. The number of imide groups is 1. The van der Waals surface area contributed by atoms with E-state index in [0.717, 1.165) is 23.3 Å². The van der Waals surface area contributed by atoms with Gasteiger partial charge in [-0.05, 0) is 55.2 Å². The molecule has 1 saturated heterocycles. The Hall–Kier alpha value is -2.86. The van der Waals surface area contributed by atoms with Crippen molar-refractivity contribution in [1.82, 2.24) is 10.2 Å². The van der Waals surface area contributed by atoms with Crippen LogP contribution in [0.2, 0.25) is 5.02 Å². The van der Waals surface area contributed by atoms with Gasteiger partial charge in [0.15, 0.2) is 0 Å². The van der Waals surface area contributed by atoms with Crippen molar-refractivity contribution in [1.29, 1.82) is 0 Å². The molecule has 1 fully saturated rings. The maximum Gasteiger partial charge on any atom is 0.325 e. The monoisotopic (exact) mass is 413 g/mol. The van der Waals surface area contributed by atoms with Gasteiger partial charge < -0.3 is 10.6 Å². The summed E-state index contributed by atoms with van der Waals surface area (Å²) >= 11 is 5.93. The minimum absolute atomic E-state index is 0.365. The van der Waals surface area contributed by atoms with Crippen LogP contribution in [0.15, 0.2) is 42.5 Å². The maximum absolute atomic E-state index is 13.0. The van der Waals surface area contributed by atoms with Crippen LogP contribution in [0.4, 0.5) is 10.5 Å². The Bertz CT molecular complexity index is 958. The first-order chi connectivity index (χ1) is 13.7. The summed E-state index contributed by atoms with van der Waals surface area (Å²) in [5, 5.41) is 6.01. The number of rotatable bonds is 6. The molecule has 0 spiro atoms. The molecule has 0 aromatic heterocycles. The summed E-state index contributed by atoms with van der Waals surface area (Å²) in [6, 6.07) is 12.1. The number of anilines is 1. The van der Waals surface area contributed by atoms with Crippen LogP contribution in [0.3, 0.4) is 0 Å². The predicted molar refractivity (Wildman–Crippen MR) is 113 cm³/mol. The molecule has 1 atom stereocenters. The third-order valence-corrected chi connectivity index (χ3v) is 5.34. The normalized spacial score (nSPS) is 18.7. The van der Waals surface area contributed by atoms with Crippen LogP contribution in [0.1, 0.15) is 37.0 Å². The number of halogens is 1. The van der Waals surface area contributed by atoms with Gasteiger partial charge in [-0.3, -0.25) is 14.5 Å². The molecule has 3 rings (SSSR count). The van der Waals surface area contributed by atoms with E-state index in [9.17, 15) is 14.4 Å². The van der Waals surface area contributed by atoms with Gasteiger partial charge in [-0.2, -0.15) is 0 Å². The molecule has 1 aliphatic heterocycles. The van der Waals surface area contributed by atoms with Crippen molar-refractivity contribution in [3.05, 3.63) is 64.2 Å². The smallest absolute Gasteiger partial charge is 0.324 e. The first kappa shape index (κ1) is 20.9. The number of benzene rings is 2. The molecule has 2 aromatic rings. The summed E-state index contributed by atoms with van der Waals surface area (Å²) in [5.41, 5.74) is 2.04. The van der Waals surface area contributed by atoms with Gasteiger partial charge in [0, 0.05) is 10.7 Å². The van der Waals surface area contributed by atoms with Crippen LogP contribution in [-0.4, -0.2) is 29.3 Å². The molecule has 2 N–H and O–H groups in total. The number of hydrogen-bond donors (Lipinski definition) is 2. The highest BCUT2D eigenvalue weighted by Crippen LogP contribution is 2.29. The molecule has 6 nitrogen and oxygen atoms in total. The molecule has 0 unspecified atom stereocenters. The highest BCUT2D eigenvalue weighted by atomic mass is 35.5. The average molecular weight is 414 g/mol. The van der Waals surface area contributed by atoms with Gasteiger partial charge in [0.1, 0.15) is 12.1 Å². The molecule has 1 aliphatic rings. The lowest BCUT2D eigenvalue weighted by Gasteiger charge is -2.22. The lowest BCUT2D eigenvalue weighted by atomic mass is 9.91. The van der Waals surface area contributed by atoms with Crippen LogP contribution in [-0.2, 0) is 21.5 Å². The van der Waals surface area contributed by atoms with Crippen molar-refractivity contribution >= 4 is 35.1 Å². The summed E-state index contributed by atoms with van der Waals surface area (Å²) < 4.78 is 0. The van der Waals surface area contributed by atoms with E-state index in [1.807, 2.05) is 31.2 Å². The van der Waals surface area contributed by atoms with Crippen molar-refractivity contribution < 1.29 is 14.4 Å². The summed E-state index contributed by atoms with van der Waals surface area (Å²) in [4.78, 5) is 38.8. The number of urea groups is 1. The quantitative estimate of drug-likeness (QED) is 0.702. The lowest BCUT2D eigenvalue weighted by molar-refractivity contribution is -0.133. The second kappa shape index (κ2) is 8.25. The number of hydrogen-bond acceptors (Lipinski definition) is 3. The number of nitrogens with zero attached hydrogens (tertiary/aromatic N) is 1. The van der Waals surface area contributed by atoms with Crippen LogP contribution in [0.5, 0.6) is 0 Å². The van der Waals surface area contributed by atoms with E-state index >= 15 is 0 Å². The number of nitrogens with one attached hydrogen (secondary N) is 2. The Balaban J connectivity index is 1.73. The van der Waals surface area contributed by atoms with E-state index in [-0.39, 0.29) is 6.54 Å². The van der Waals surface area contributed by atoms with E-state index in [2.05, 4.69) is 17.6 Å². The van der Waals surface area contributed by atoms with Crippen molar-refractivity contribution in [3.63, 3.8) is 0 Å². The van der Waals surface area contributed by atoms with Crippen molar-refractivity contribution in [3.8, 4) is 0 Å². The largest absolute Gasteiger partial charge is 0.325 e. The third kappa shape index (κ3) is 4.27. The first-order valence-electron chi connectivity index (χ1n) is 9.54. The second-order valence-corrected chi connectivity index (χ2v) is 7.84. The van der Waals surface area contributed by atoms with Gasteiger partial charge >= 0.3 is 6.03 Å². The molecular formula is C22H24ClN3O3. The van der Waals surface area contributed by atoms with Crippen molar-refractivity contribution in [2.75, 3.05) is 11.9 Å².